The maximum atomic E-state index is 12.5. The van der Waals surface area contributed by atoms with Gasteiger partial charge in [0.05, 0.1) is 19.3 Å². The largest absolute Gasteiger partial charge is 0.496 e. The van der Waals surface area contributed by atoms with Gasteiger partial charge in [-0.1, -0.05) is 41.4 Å². The summed E-state index contributed by atoms with van der Waals surface area (Å²) in [6.45, 7) is 2.14. The van der Waals surface area contributed by atoms with Gasteiger partial charge in [0.15, 0.2) is 17.2 Å². The lowest BCUT2D eigenvalue weighted by Gasteiger charge is -2.10. The van der Waals surface area contributed by atoms with E-state index in [9.17, 15) is 9.59 Å². The molecule has 188 valence electrons. The van der Waals surface area contributed by atoms with Crippen LogP contribution >= 0.6 is 23.2 Å². The number of hydrogen-bond donors (Lipinski definition) is 0. The molecule has 7 nitrogen and oxygen atoms in total. The third-order valence-electron chi connectivity index (χ3n) is 5.08. The Morgan fingerprint density at radius 2 is 1.65 bits per heavy atom. The van der Waals surface area contributed by atoms with Gasteiger partial charge in [0.1, 0.15) is 5.75 Å². The van der Waals surface area contributed by atoms with Gasteiger partial charge in [0, 0.05) is 16.1 Å². The van der Waals surface area contributed by atoms with E-state index in [4.69, 9.17) is 42.1 Å². The van der Waals surface area contributed by atoms with Crippen molar-refractivity contribution < 1.29 is 28.5 Å². The lowest BCUT2D eigenvalue weighted by atomic mass is 10.1. The molecular weight excluding hydrogens is 517 g/mol. The van der Waals surface area contributed by atoms with Crippen molar-refractivity contribution in [2.45, 2.75) is 6.92 Å². The van der Waals surface area contributed by atoms with Crippen LogP contribution in [-0.4, -0.2) is 31.6 Å². The van der Waals surface area contributed by atoms with Gasteiger partial charge in [-0.2, -0.15) is 0 Å². The third kappa shape index (κ3) is 6.58. The molecule has 0 atom stereocenters. The maximum absolute atomic E-state index is 12.5. The Morgan fingerprint density at radius 1 is 0.946 bits per heavy atom. The van der Waals surface area contributed by atoms with E-state index in [1.165, 1.54) is 13.2 Å². The Labute approximate surface area is 223 Å². The monoisotopic (exact) mass is 537 g/mol. The zero-order valence-electron chi connectivity index (χ0n) is 19.9. The van der Waals surface area contributed by atoms with E-state index in [1.807, 2.05) is 0 Å². The van der Waals surface area contributed by atoms with E-state index in [-0.39, 0.29) is 17.3 Å². The van der Waals surface area contributed by atoms with E-state index >= 15 is 0 Å². The first-order valence-corrected chi connectivity index (χ1v) is 11.9. The molecule has 0 saturated heterocycles. The van der Waals surface area contributed by atoms with Crippen LogP contribution < -0.4 is 14.2 Å². The zero-order chi connectivity index (χ0) is 26.4. The number of esters is 2. The van der Waals surface area contributed by atoms with Crippen LogP contribution in [0.25, 0.3) is 12.2 Å². The second-order valence-corrected chi connectivity index (χ2v) is 8.50. The van der Waals surface area contributed by atoms with Gasteiger partial charge >= 0.3 is 11.9 Å². The summed E-state index contributed by atoms with van der Waals surface area (Å²) in [5, 5.41) is 1.05. The lowest BCUT2D eigenvalue weighted by molar-refractivity contribution is -0.130. The predicted octanol–water partition coefficient (Wildman–Crippen LogP) is 6.36. The van der Waals surface area contributed by atoms with Crippen LogP contribution in [0.2, 0.25) is 10.0 Å². The molecule has 3 aromatic rings. The molecule has 3 aromatic carbocycles. The van der Waals surface area contributed by atoms with Gasteiger partial charge in [-0.15, -0.1) is 0 Å². The molecule has 4 rings (SSSR count). The van der Waals surface area contributed by atoms with Gasteiger partial charge in [-0.05, 0) is 72.7 Å². The smallest absolute Gasteiger partial charge is 0.363 e. The van der Waals surface area contributed by atoms with Gasteiger partial charge in [0.25, 0.3) is 0 Å². The second kappa shape index (κ2) is 11.8. The van der Waals surface area contributed by atoms with Crippen LogP contribution in [0.1, 0.15) is 23.6 Å². The molecule has 0 N–H and O–H groups in total. The minimum absolute atomic E-state index is 0.0788. The number of ether oxygens (including phenoxy) is 4. The summed E-state index contributed by atoms with van der Waals surface area (Å²) in [7, 11) is 1.50. The topological polar surface area (TPSA) is 83.4 Å². The Morgan fingerprint density at radius 3 is 2.38 bits per heavy atom. The molecule has 1 heterocycles. The summed E-state index contributed by atoms with van der Waals surface area (Å²) >= 11 is 12.0. The molecule has 0 unspecified atom stereocenters. The Kier molecular flexibility index (Phi) is 8.28. The fraction of sp³-hybridized carbons (Fsp3) is 0.107. The first kappa shape index (κ1) is 26.0. The van der Waals surface area contributed by atoms with Crippen molar-refractivity contribution in [3.63, 3.8) is 0 Å². The van der Waals surface area contributed by atoms with E-state index in [0.29, 0.717) is 39.3 Å². The molecule has 0 amide bonds. The van der Waals surface area contributed by atoms with E-state index < -0.39 is 11.9 Å². The highest BCUT2D eigenvalue weighted by Gasteiger charge is 2.26. The number of carbonyl (C=O) groups is 2. The Balaban J connectivity index is 1.55. The van der Waals surface area contributed by atoms with Crippen molar-refractivity contribution in [2.24, 2.45) is 4.99 Å². The SMILES string of the molecule is CCOc1cc(/C=C2\N=C(c3cc(Cl)ccc3OC)OC2=O)ccc1OC(=O)/C=C/c1ccc(Cl)cc1. The minimum atomic E-state index is -0.627. The number of hydrogen-bond acceptors (Lipinski definition) is 7. The summed E-state index contributed by atoms with van der Waals surface area (Å²) in [6, 6.07) is 16.8. The van der Waals surface area contributed by atoms with E-state index in [0.717, 1.165) is 5.56 Å². The van der Waals surface area contributed by atoms with Crippen LogP contribution in [-0.2, 0) is 14.3 Å². The first-order chi connectivity index (χ1) is 17.9. The average molecular weight is 538 g/mol. The number of nitrogens with zero attached hydrogens (tertiary/aromatic N) is 1. The minimum Gasteiger partial charge on any atom is -0.496 e. The summed E-state index contributed by atoms with van der Waals surface area (Å²) < 4.78 is 21.8. The van der Waals surface area contributed by atoms with Crippen molar-refractivity contribution in [2.75, 3.05) is 13.7 Å². The molecule has 0 fully saturated rings. The van der Waals surface area contributed by atoms with Crippen LogP contribution in [0.4, 0.5) is 0 Å². The van der Waals surface area contributed by atoms with Crippen LogP contribution in [0.5, 0.6) is 17.2 Å². The highest BCUT2D eigenvalue weighted by atomic mass is 35.5. The quantitative estimate of drug-likeness (QED) is 0.189. The third-order valence-corrected chi connectivity index (χ3v) is 5.56. The molecular formula is C28H21Cl2NO6. The number of cyclic esters (lactones) is 1. The molecule has 1 aliphatic rings. The normalized spacial score (nSPS) is 14.0. The fourth-order valence-electron chi connectivity index (χ4n) is 3.38. The van der Waals surface area contributed by atoms with Crippen molar-refractivity contribution >= 4 is 53.2 Å². The zero-order valence-corrected chi connectivity index (χ0v) is 21.4. The number of benzene rings is 3. The van der Waals surface area contributed by atoms with Crippen molar-refractivity contribution in [3.8, 4) is 17.2 Å². The van der Waals surface area contributed by atoms with Crippen molar-refractivity contribution in [1.82, 2.24) is 0 Å². The van der Waals surface area contributed by atoms with Gasteiger partial charge in [-0.25, -0.2) is 14.6 Å². The van der Waals surface area contributed by atoms with Crippen molar-refractivity contribution in [1.29, 1.82) is 0 Å². The summed E-state index contributed by atoms with van der Waals surface area (Å²) in [6.07, 6.45) is 4.47. The maximum Gasteiger partial charge on any atom is 0.363 e. The highest BCUT2D eigenvalue weighted by Crippen LogP contribution is 2.31. The molecule has 9 heteroatoms. The summed E-state index contributed by atoms with van der Waals surface area (Å²) in [4.78, 5) is 29.2. The van der Waals surface area contributed by atoms with Gasteiger partial charge in [0.2, 0.25) is 5.90 Å². The van der Waals surface area contributed by atoms with E-state index in [2.05, 4.69) is 4.99 Å². The second-order valence-electron chi connectivity index (χ2n) is 7.63. The van der Waals surface area contributed by atoms with Crippen LogP contribution in [0, 0.1) is 0 Å². The Bertz CT molecular complexity index is 1430. The number of rotatable bonds is 8. The summed E-state index contributed by atoms with van der Waals surface area (Å²) in [5.74, 6) is -0.0940. The Hall–Kier alpha value is -4.07. The summed E-state index contributed by atoms with van der Waals surface area (Å²) in [5.41, 5.74) is 1.92. The highest BCUT2D eigenvalue weighted by molar-refractivity contribution is 6.31. The molecule has 0 bridgehead atoms. The molecule has 0 radical (unpaired) electrons. The number of halogens is 2. The van der Waals surface area contributed by atoms with E-state index in [1.54, 1.807) is 79.7 Å². The van der Waals surface area contributed by atoms with Gasteiger partial charge < -0.3 is 18.9 Å². The molecule has 0 aliphatic carbocycles. The predicted molar refractivity (Wildman–Crippen MR) is 142 cm³/mol. The lowest BCUT2D eigenvalue weighted by Crippen LogP contribution is -2.07. The fourth-order valence-corrected chi connectivity index (χ4v) is 3.68. The number of carbonyl (C=O) groups excluding carboxylic acids is 2. The number of methoxy groups -OCH3 is 1. The van der Waals surface area contributed by atoms with Crippen LogP contribution in [0.15, 0.2) is 77.4 Å². The molecule has 1 aliphatic heterocycles. The average Bonchev–Trinajstić information content (AvgIpc) is 3.25. The molecule has 37 heavy (non-hydrogen) atoms. The van der Waals surface area contributed by atoms with Crippen molar-refractivity contribution in [3.05, 3.63) is 99.2 Å². The molecule has 0 saturated carbocycles. The molecule has 0 aromatic heterocycles. The first-order valence-electron chi connectivity index (χ1n) is 11.1. The van der Waals surface area contributed by atoms with Crippen LogP contribution in [0.3, 0.4) is 0 Å². The standard InChI is InChI=1S/C28H21Cl2NO6/c1-3-35-25-15-18(6-11-24(25)36-26(32)13-7-17-4-8-19(29)9-5-17)14-22-28(33)37-27(31-22)21-16-20(30)10-12-23(21)34-2/h4-16H,3H2,1-2H3/b13-7+,22-14-. The van der Waals surface area contributed by atoms with Gasteiger partial charge in [-0.3, -0.25) is 0 Å². The number of aliphatic imine (C=N–C) groups is 1. The molecule has 0 spiro atoms.